The summed E-state index contributed by atoms with van der Waals surface area (Å²) in [6, 6.07) is 14.1. The third-order valence-corrected chi connectivity index (χ3v) is 5.26. The third kappa shape index (κ3) is 6.31. The van der Waals surface area contributed by atoms with Crippen molar-refractivity contribution in [1.82, 2.24) is 9.80 Å². The average molecular weight is 423 g/mol. The van der Waals surface area contributed by atoms with Crippen LogP contribution in [0.3, 0.4) is 0 Å². The first-order valence-electron chi connectivity index (χ1n) is 10.7. The maximum absolute atomic E-state index is 12.8. The van der Waals surface area contributed by atoms with Crippen LogP contribution in [0.4, 0.5) is 11.4 Å². The molecule has 1 fully saturated rings. The zero-order chi connectivity index (χ0) is 22.2. The fourth-order valence-corrected chi connectivity index (χ4v) is 3.59. The van der Waals surface area contributed by atoms with Gasteiger partial charge in [0.15, 0.2) is 0 Å². The molecule has 7 nitrogen and oxygen atoms in total. The highest BCUT2D eigenvalue weighted by Crippen LogP contribution is 2.17. The van der Waals surface area contributed by atoms with E-state index in [0.29, 0.717) is 22.5 Å². The predicted molar refractivity (Wildman–Crippen MR) is 122 cm³/mol. The van der Waals surface area contributed by atoms with Gasteiger partial charge in [0.2, 0.25) is 5.91 Å². The number of benzene rings is 2. The Bertz CT molecular complexity index is 934. The van der Waals surface area contributed by atoms with E-state index < -0.39 is 0 Å². The first-order valence-corrected chi connectivity index (χ1v) is 10.7. The fraction of sp³-hybridized carbons (Fsp3) is 0.375. The molecule has 0 bridgehead atoms. The van der Waals surface area contributed by atoms with Crippen LogP contribution < -0.4 is 10.6 Å². The molecule has 164 valence electrons. The molecule has 0 aliphatic carbocycles. The second-order valence-corrected chi connectivity index (χ2v) is 7.97. The van der Waals surface area contributed by atoms with E-state index in [1.807, 2.05) is 23.1 Å². The number of likely N-dealkylation sites (tertiary alicyclic amines) is 1. The first kappa shape index (κ1) is 22.3. The summed E-state index contributed by atoms with van der Waals surface area (Å²) >= 11 is 0. The molecule has 2 aromatic carbocycles. The topological polar surface area (TPSA) is 81.8 Å². The Morgan fingerprint density at radius 2 is 1.48 bits per heavy atom. The van der Waals surface area contributed by atoms with Gasteiger partial charge in [-0.1, -0.05) is 25.0 Å². The van der Waals surface area contributed by atoms with Crippen molar-refractivity contribution in [1.29, 1.82) is 0 Å². The van der Waals surface area contributed by atoms with Crippen LogP contribution in [0.1, 0.15) is 46.4 Å². The van der Waals surface area contributed by atoms with Gasteiger partial charge in [0.05, 0.1) is 6.54 Å². The van der Waals surface area contributed by atoms with E-state index in [9.17, 15) is 14.4 Å². The number of rotatable bonds is 6. The van der Waals surface area contributed by atoms with Crippen molar-refractivity contribution >= 4 is 29.1 Å². The van der Waals surface area contributed by atoms with Crippen LogP contribution in [0.2, 0.25) is 0 Å². The molecule has 1 aliphatic rings. The molecule has 0 unspecified atom stereocenters. The van der Waals surface area contributed by atoms with Gasteiger partial charge in [-0.3, -0.25) is 14.4 Å². The molecule has 3 rings (SSSR count). The van der Waals surface area contributed by atoms with E-state index in [1.165, 1.54) is 17.7 Å². The summed E-state index contributed by atoms with van der Waals surface area (Å²) in [4.78, 5) is 40.7. The van der Waals surface area contributed by atoms with Crippen molar-refractivity contribution in [3.8, 4) is 0 Å². The van der Waals surface area contributed by atoms with E-state index in [1.54, 1.807) is 44.4 Å². The molecule has 3 amide bonds. The number of anilines is 2. The molecule has 0 spiro atoms. The maximum Gasteiger partial charge on any atom is 0.253 e. The zero-order valence-corrected chi connectivity index (χ0v) is 18.2. The van der Waals surface area contributed by atoms with Gasteiger partial charge in [-0.25, -0.2) is 0 Å². The lowest BCUT2D eigenvalue weighted by atomic mass is 10.1. The quantitative estimate of drug-likeness (QED) is 0.747. The monoisotopic (exact) mass is 422 g/mol. The lowest BCUT2D eigenvalue weighted by Crippen LogP contribution is -2.31. The van der Waals surface area contributed by atoms with Crippen molar-refractivity contribution in [2.24, 2.45) is 0 Å². The molecule has 1 aliphatic heterocycles. The van der Waals surface area contributed by atoms with Crippen molar-refractivity contribution < 1.29 is 14.4 Å². The van der Waals surface area contributed by atoms with Crippen LogP contribution in [-0.2, 0) is 4.79 Å². The molecule has 2 aromatic rings. The minimum atomic E-state index is -0.237. The summed E-state index contributed by atoms with van der Waals surface area (Å²) in [6.07, 6.45) is 4.44. The highest BCUT2D eigenvalue weighted by atomic mass is 16.2. The summed E-state index contributed by atoms with van der Waals surface area (Å²) in [5, 5.41) is 5.87. The Morgan fingerprint density at radius 3 is 2.16 bits per heavy atom. The molecule has 31 heavy (non-hydrogen) atoms. The van der Waals surface area contributed by atoms with Crippen LogP contribution in [0.5, 0.6) is 0 Å². The number of carbonyl (C=O) groups excluding carboxylic acids is 3. The molecule has 0 radical (unpaired) electrons. The maximum atomic E-state index is 12.8. The molecule has 0 aromatic heterocycles. The third-order valence-electron chi connectivity index (χ3n) is 5.26. The predicted octanol–water partition coefficient (Wildman–Crippen LogP) is 3.46. The normalized spacial score (nSPS) is 13.8. The van der Waals surface area contributed by atoms with Crippen LogP contribution >= 0.6 is 0 Å². The Kier molecular flexibility index (Phi) is 7.65. The highest BCUT2D eigenvalue weighted by Gasteiger charge is 2.17. The van der Waals surface area contributed by atoms with Crippen molar-refractivity contribution in [2.75, 3.05) is 44.4 Å². The van der Waals surface area contributed by atoms with Crippen LogP contribution in [0, 0.1) is 0 Å². The second-order valence-electron chi connectivity index (χ2n) is 7.97. The number of hydrogen-bond acceptors (Lipinski definition) is 4. The summed E-state index contributed by atoms with van der Waals surface area (Å²) in [5.41, 5.74) is 2.41. The lowest BCUT2D eigenvalue weighted by molar-refractivity contribution is -0.114. The summed E-state index contributed by atoms with van der Waals surface area (Å²) < 4.78 is 0. The van der Waals surface area contributed by atoms with Crippen LogP contribution in [0.25, 0.3) is 0 Å². The van der Waals surface area contributed by atoms with Gasteiger partial charge in [-0.05, 0) is 49.2 Å². The number of nitrogens with zero attached hydrogens (tertiary/aromatic N) is 2. The van der Waals surface area contributed by atoms with Crippen molar-refractivity contribution in [2.45, 2.75) is 25.7 Å². The summed E-state index contributed by atoms with van der Waals surface area (Å²) in [5.74, 6) is -0.323. The lowest BCUT2D eigenvalue weighted by Gasteiger charge is -2.20. The van der Waals surface area contributed by atoms with Gasteiger partial charge in [-0.2, -0.15) is 0 Å². The SMILES string of the molecule is CN(C)C(=O)c1cccc(NC(=O)CNc2cccc(C(=O)N3CCCCCC3)c2)c1. The minimum absolute atomic E-state index is 0.0392. The molecule has 1 saturated heterocycles. The largest absolute Gasteiger partial charge is 0.376 e. The number of carbonyl (C=O) groups is 3. The Morgan fingerprint density at radius 1 is 0.871 bits per heavy atom. The van der Waals surface area contributed by atoms with Gasteiger partial charge in [-0.15, -0.1) is 0 Å². The van der Waals surface area contributed by atoms with E-state index in [-0.39, 0.29) is 24.3 Å². The van der Waals surface area contributed by atoms with Gasteiger partial charge in [0, 0.05) is 49.7 Å². The van der Waals surface area contributed by atoms with Crippen LogP contribution in [0.15, 0.2) is 48.5 Å². The second kappa shape index (κ2) is 10.6. The fourth-order valence-electron chi connectivity index (χ4n) is 3.59. The standard InChI is InChI=1S/C24H30N4O3/c1-27(2)23(30)18-9-8-12-21(16-18)26-22(29)17-25-20-11-7-10-19(15-20)24(31)28-13-5-3-4-6-14-28/h7-12,15-16,25H,3-6,13-14,17H2,1-2H3,(H,26,29). The molecule has 0 atom stereocenters. The van der Waals surface area contributed by atoms with E-state index >= 15 is 0 Å². The van der Waals surface area contributed by atoms with E-state index in [4.69, 9.17) is 0 Å². The molecular weight excluding hydrogens is 392 g/mol. The Labute approximate surface area is 183 Å². The summed E-state index contributed by atoms with van der Waals surface area (Å²) in [6.45, 7) is 1.65. The molecular formula is C24H30N4O3. The summed E-state index contributed by atoms with van der Waals surface area (Å²) in [7, 11) is 3.37. The van der Waals surface area contributed by atoms with Gasteiger partial charge in [0.25, 0.3) is 11.8 Å². The number of hydrogen-bond donors (Lipinski definition) is 2. The molecule has 1 heterocycles. The molecule has 7 heteroatoms. The van der Waals surface area contributed by atoms with Crippen LogP contribution in [-0.4, -0.2) is 61.3 Å². The van der Waals surface area contributed by atoms with Gasteiger partial charge < -0.3 is 20.4 Å². The van der Waals surface area contributed by atoms with E-state index in [2.05, 4.69) is 10.6 Å². The number of amides is 3. The molecule has 2 N–H and O–H groups in total. The smallest absolute Gasteiger partial charge is 0.253 e. The first-order chi connectivity index (χ1) is 14.9. The minimum Gasteiger partial charge on any atom is -0.376 e. The van der Waals surface area contributed by atoms with Crippen molar-refractivity contribution in [3.63, 3.8) is 0 Å². The van der Waals surface area contributed by atoms with Crippen molar-refractivity contribution in [3.05, 3.63) is 59.7 Å². The Hall–Kier alpha value is -3.35. The van der Waals surface area contributed by atoms with Gasteiger partial charge >= 0.3 is 0 Å². The highest BCUT2D eigenvalue weighted by molar-refractivity contribution is 5.98. The average Bonchev–Trinajstić information content (AvgIpc) is 3.06. The van der Waals surface area contributed by atoms with E-state index in [0.717, 1.165) is 25.9 Å². The molecule has 0 saturated carbocycles. The number of nitrogens with one attached hydrogen (secondary N) is 2. The van der Waals surface area contributed by atoms with Gasteiger partial charge in [0.1, 0.15) is 0 Å². The Balaban J connectivity index is 1.57. The zero-order valence-electron chi connectivity index (χ0n) is 18.2.